The summed E-state index contributed by atoms with van der Waals surface area (Å²) in [7, 11) is -4.07. The number of unbranched alkanes of at least 4 members (excludes halogenated alkanes) is 9. The van der Waals surface area contributed by atoms with Crippen molar-refractivity contribution in [1.82, 2.24) is 19.5 Å². The fourth-order valence-electron chi connectivity index (χ4n) is 4.20. The van der Waals surface area contributed by atoms with Crippen molar-refractivity contribution in [1.29, 1.82) is 0 Å². The molecule has 0 aliphatic carbocycles. The number of rotatable bonds is 24. The fraction of sp³-hybridized carbons (Fsp3) is 0.786. The van der Waals surface area contributed by atoms with Crippen LogP contribution in [0, 0.1) is 0 Å². The molecule has 2 aromatic heterocycles. The lowest BCUT2D eigenvalue weighted by molar-refractivity contribution is -0.0177. The summed E-state index contributed by atoms with van der Waals surface area (Å²) in [6, 6.07) is 0. The smallest absolute Gasteiger partial charge is 0.432 e. The van der Waals surface area contributed by atoms with Crippen molar-refractivity contribution < 1.29 is 32.6 Å². The van der Waals surface area contributed by atoms with Crippen LogP contribution in [0.2, 0.25) is 0 Å². The molecule has 43 heavy (non-hydrogen) atoms. The minimum atomic E-state index is -3.79. The summed E-state index contributed by atoms with van der Waals surface area (Å²) in [5.41, 5.74) is 6.93. The number of ether oxygens (including phenoxy) is 3. The van der Waals surface area contributed by atoms with Crippen LogP contribution in [-0.4, -0.2) is 69.1 Å². The zero-order valence-electron chi connectivity index (χ0n) is 26.1. The number of nitrogens with zero attached hydrogens (tertiary/aromatic N) is 4. The lowest BCUT2D eigenvalue weighted by Crippen LogP contribution is -2.20. The van der Waals surface area contributed by atoms with Crippen LogP contribution in [0.15, 0.2) is 12.7 Å². The van der Waals surface area contributed by atoms with E-state index in [4.69, 9.17) is 40.2 Å². The molecule has 0 radical (unpaired) electrons. The third kappa shape index (κ3) is 15.7. The molecule has 2 rings (SSSR count). The Bertz CT molecular complexity index is 1150. The Kier molecular flexibility index (Phi) is 18.4. The van der Waals surface area contributed by atoms with Gasteiger partial charge in [0.25, 0.3) is 0 Å². The fourth-order valence-corrected chi connectivity index (χ4v) is 7.12. The van der Waals surface area contributed by atoms with Gasteiger partial charge in [-0.1, -0.05) is 75.9 Å². The summed E-state index contributed by atoms with van der Waals surface area (Å²) < 4.78 is 42.0. The van der Waals surface area contributed by atoms with Crippen LogP contribution in [-0.2, 0) is 55.0 Å². The van der Waals surface area contributed by atoms with Crippen molar-refractivity contribution in [2.45, 2.75) is 111 Å². The van der Waals surface area contributed by atoms with Gasteiger partial charge in [0.2, 0.25) is 6.79 Å². The maximum absolute atomic E-state index is 13.5. The molecule has 0 bridgehead atoms. The predicted octanol–water partition coefficient (Wildman–Crippen LogP) is 6.52. The Morgan fingerprint density at radius 3 is 2.35 bits per heavy atom. The molecule has 3 atom stereocenters. The molecular weight excluding hydrogens is 613 g/mol. The highest BCUT2D eigenvalue weighted by Crippen LogP contribution is 2.48. The molecule has 246 valence electrons. The normalized spacial score (nSPS) is 14.5. The van der Waals surface area contributed by atoms with E-state index in [0.29, 0.717) is 23.5 Å². The SMILES string of the molecule is CCCCCCCCCCCCS(=S)CCO[P@](=O)(CO[C@H](C)Cn1cnc2c(N)ncnc21)OCOC(=O)OC(C)C. The number of carbonyl (C=O) groups excluding carboxylic acids is 1. The predicted molar refractivity (Wildman–Crippen MR) is 174 cm³/mol. The van der Waals surface area contributed by atoms with Gasteiger partial charge >= 0.3 is 13.8 Å². The maximum atomic E-state index is 13.5. The van der Waals surface area contributed by atoms with Crippen LogP contribution in [0.1, 0.15) is 91.9 Å². The summed E-state index contributed by atoms with van der Waals surface area (Å²) in [6.45, 7) is 7.35. The van der Waals surface area contributed by atoms with Gasteiger partial charge in [-0.05, 0) is 32.9 Å². The van der Waals surface area contributed by atoms with E-state index in [1.165, 1.54) is 64.1 Å². The second kappa shape index (κ2) is 21.1. The van der Waals surface area contributed by atoms with Crippen molar-refractivity contribution in [3.8, 4) is 0 Å². The Hall–Kier alpha value is -1.70. The molecule has 0 saturated heterocycles. The zero-order valence-corrected chi connectivity index (χ0v) is 28.6. The van der Waals surface area contributed by atoms with Gasteiger partial charge in [0.15, 0.2) is 11.5 Å². The van der Waals surface area contributed by atoms with Crippen LogP contribution in [0.5, 0.6) is 0 Å². The minimum Gasteiger partial charge on any atom is -0.432 e. The van der Waals surface area contributed by atoms with Crippen molar-refractivity contribution in [3.63, 3.8) is 0 Å². The van der Waals surface area contributed by atoms with E-state index in [-0.39, 0.29) is 34.3 Å². The molecule has 2 N–H and O–H groups in total. The minimum absolute atomic E-state index is 0.151. The van der Waals surface area contributed by atoms with Gasteiger partial charge in [-0.25, -0.2) is 19.7 Å². The molecule has 15 heteroatoms. The number of hydrogen-bond donors (Lipinski definition) is 1. The second-order valence-corrected chi connectivity index (χ2v) is 15.8. The summed E-state index contributed by atoms with van der Waals surface area (Å²) in [6.07, 6.45) is 13.7. The van der Waals surface area contributed by atoms with E-state index in [2.05, 4.69) is 21.9 Å². The number of hydrogen-bond acceptors (Lipinski definition) is 12. The first-order chi connectivity index (χ1) is 20.6. The Labute approximate surface area is 263 Å². The molecule has 0 aliphatic rings. The van der Waals surface area contributed by atoms with Gasteiger partial charge in [0.05, 0.1) is 31.7 Å². The van der Waals surface area contributed by atoms with Crippen molar-refractivity contribution in [2.75, 3.05) is 37.0 Å². The summed E-state index contributed by atoms with van der Waals surface area (Å²) in [4.78, 5) is 24.2. The van der Waals surface area contributed by atoms with Gasteiger partial charge in [0, 0.05) is 5.75 Å². The lowest BCUT2D eigenvalue weighted by Gasteiger charge is -2.21. The Morgan fingerprint density at radius 2 is 1.67 bits per heavy atom. The van der Waals surface area contributed by atoms with E-state index in [0.717, 1.165) is 12.2 Å². The van der Waals surface area contributed by atoms with Crippen molar-refractivity contribution in [3.05, 3.63) is 12.7 Å². The number of fused-ring (bicyclic) bond motifs is 1. The highest BCUT2D eigenvalue weighted by atomic mass is 32.8. The van der Waals surface area contributed by atoms with Crippen molar-refractivity contribution in [2.24, 2.45) is 0 Å². The number of nitrogens with two attached hydrogens (primary N) is 1. The van der Waals surface area contributed by atoms with Crippen LogP contribution in [0.4, 0.5) is 10.6 Å². The number of nitrogen functional groups attached to an aromatic ring is 1. The van der Waals surface area contributed by atoms with Crippen LogP contribution >= 0.6 is 7.60 Å². The van der Waals surface area contributed by atoms with Gasteiger partial charge in [-0.15, -0.1) is 9.45 Å². The first kappa shape index (κ1) is 37.5. The Balaban J connectivity index is 1.78. The standard InChI is InChI=1S/C28H50N5O7PS2/c1-5-6-7-8-9-10-11-12-13-14-16-43(42)17-15-38-41(35,39-21-36-28(34)40-23(2)3)22-37-24(4)18-33-20-32-25-26(29)30-19-31-27(25)33/h19-20,23-24H,5-18,21-22H2,1-4H3,(H2,29,30,31)/t24-,41-,43?/m1/s1. The van der Waals surface area contributed by atoms with E-state index in [9.17, 15) is 9.36 Å². The van der Waals surface area contributed by atoms with E-state index in [1.54, 1.807) is 24.7 Å². The van der Waals surface area contributed by atoms with E-state index in [1.807, 2.05) is 6.92 Å². The number of anilines is 1. The van der Waals surface area contributed by atoms with E-state index >= 15 is 0 Å². The highest BCUT2D eigenvalue weighted by Gasteiger charge is 2.28. The van der Waals surface area contributed by atoms with Crippen LogP contribution in [0.25, 0.3) is 11.2 Å². The summed E-state index contributed by atoms with van der Waals surface area (Å²) in [5, 5.41) is 0. The molecular formula is C28H50N5O7PS2. The number of aromatic nitrogens is 4. The molecule has 0 fully saturated rings. The molecule has 12 nitrogen and oxygen atoms in total. The quantitative estimate of drug-likeness (QED) is 0.0564. The monoisotopic (exact) mass is 663 g/mol. The molecule has 0 saturated carbocycles. The highest BCUT2D eigenvalue weighted by molar-refractivity contribution is 8.28. The average Bonchev–Trinajstić information content (AvgIpc) is 3.36. The second-order valence-electron chi connectivity index (χ2n) is 10.7. The van der Waals surface area contributed by atoms with Gasteiger partial charge < -0.3 is 29.0 Å². The first-order valence-electron chi connectivity index (χ1n) is 15.2. The maximum Gasteiger partial charge on any atom is 0.510 e. The molecule has 0 amide bonds. The topological polar surface area (TPSA) is 150 Å². The average molecular weight is 664 g/mol. The molecule has 2 heterocycles. The van der Waals surface area contributed by atoms with Gasteiger partial charge in [-0.2, -0.15) is 0 Å². The Morgan fingerprint density at radius 1 is 1.00 bits per heavy atom. The summed E-state index contributed by atoms with van der Waals surface area (Å²) in [5.74, 6) is 1.80. The van der Waals surface area contributed by atoms with Gasteiger partial charge in [0.1, 0.15) is 18.2 Å². The number of carbonyl (C=O) groups is 1. The largest absolute Gasteiger partial charge is 0.510 e. The summed E-state index contributed by atoms with van der Waals surface area (Å²) >= 11 is 5.64. The van der Waals surface area contributed by atoms with E-state index < -0.39 is 26.6 Å². The van der Waals surface area contributed by atoms with Crippen LogP contribution < -0.4 is 5.73 Å². The number of imidazole rings is 1. The molecule has 2 aromatic rings. The first-order valence-corrected chi connectivity index (χ1v) is 19.4. The lowest BCUT2D eigenvalue weighted by atomic mass is 10.1. The third-order valence-corrected chi connectivity index (χ3v) is 10.4. The molecule has 0 spiro atoms. The third-order valence-electron chi connectivity index (χ3n) is 6.48. The van der Waals surface area contributed by atoms with Crippen LogP contribution in [0.3, 0.4) is 0 Å². The molecule has 0 aliphatic heterocycles. The van der Waals surface area contributed by atoms with Gasteiger partial charge in [-0.3, -0.25) is 9.09 Å². The van der Waals surface area contributed by atoms with Crippen molar-refractivity contribution >= 4 is 51.4 Å². The molecule has 1 unspecified atom stereocenters. The zero-order chi connectivity index (χ0) is 31.5. The molecule has 0 aromatic carbocycles.